The molecule has 2 heterocycles. The van der Waals surface area contributed by atoms with Crippen molar-refractivity contribution in [3.8, 4) is 0 Å². The van der Waals surface area contributed by atoms with Crippen molar-refractivity contribution in [2.24, 2.45) is 4.99 Å². The fourth-order valence-corrected chi connectivity index (χ4v) is 3.98. The Balaban J connectivity index is 0.00000272. The molecule has 0 radical (unpaired) electrons. The Hall–Kier alpha value is -2.26. The highest BCUT2D eigenvalue weighted by atomic mass is 127. The molecule has 3 aromatic rings. The molecule has 1 aromatic heterocycles. The molecule has 4 rings (SSSR count). The number of piperazine rings is 1. The van der Waals surface area contributed by atoms with Gasteiger partial charge in [0.05, 0.1) is 6.33 Å². The summed E-state index contributed by atoms with van der Waals surface area (Å²) in [5.41, 5.74) is 3.68. The quantitative estimate of drug-likeness (QED) is 0.295. The molecule has 1 aliphatic heterocycles. The van der Waals surface area contributed by atoms with E-state index in [1.54, 1.807) is 0 Å². The van der Waals surface area contributed by atoms with E-state index in [9.17, 15) is 0 Å². The van der Waals surface area contributed by atoms with Crippen LogP contribution in [0.15, 0.2) is 72.2 Å². The van der Waals surface area contributed by atoms with E-state index in [0.29, 0.717) is 0 Å². The molecule has 1 N–H and O–H groups in total. The van der Waals surface area contributed by atoms with E-state index < -0.39 is 0 Å². The predicted octanol–water partition coefficient (Wildman–Crippen LogP) is 4.10. The van der Waals surface area contributed by atoms with Gasteiger partial charge in [-0.15, -0.1) is 24.0 Å². The number of halogens is 2. The fraction of sp³-hybridized carbons (Fsp3) is 0.304. The van der Waals surface area contributed by atoms with E-state index in [2.05, 4.69) is 60.0 Å². The van der Waals surface area contributed by atoms with Crippen LogP contribution in [0.2, 0.25) is 5.02 Å². The van der Waals surface area contributed by atoms with Gasteiger partial charge in [-0.1, -0.05) is 41.9 Å². The smallest absolute Gasteiger partial charge is 0.194 e. The van der Waals surface area contributed by atoms with Gasteiger partial charge in [0, 0.05) is 69.4 Å². The van der Waals surface area contributed by atoms with Gasteiger partial charge in [0.2, 0.25) is 0 Å². The monoisotopic (exact) mass is 550 g/mol. The minimum absolute atomic E-state index is 0. The van der Waals surface area contributed by atoms with E-state index in [1.165, 1.54) is 16.8 Å². The fourth-order valence-electron chi connectivity index (χ4n) is 3.79. The van der Waals surface area contributed by atoms with Gasteiger partial charge in [0.1, 0.15) is 0 Å². The zero-order valence-corrected chi connectivity index (χ0v) is 20.7. The number of aromatic nitrogens is 2. The Morgan fingerprint density at radius 2 is 1.84 bits per heavy atom. The van der Waals surface area contributed by atoms with Gasteiger partial charge in [-0.3, -0.25) is 4.99 Å². The van der Waals surface area contributed by atoms with Crippen LogP contribution < -0.4 is 10.2 Å². The third kappa shape index (κ3) is 6.36. The SMILES string of the molecule is CN=C(NCc1cccc(Cn2ccnc2)c1)N1CCN(c2cccc(Cl)c2)CC1.I. The first-order valence-corrected chi connectivity index (χ1v) is 10.6. The van der Waals surface area contributed by atoms with Gasteiger partial charge in [-0.05, 0) is 29.3 Å². The van der Waals surface area contributed by atoms with Crippen molar-refractivity contribution in [3.63, 3.8) is 0 Å². The van der Waals surface area contributed by atoms with Crippen molar-refractivity contribution >= 4 is 47.2 Å². The number of guanidine groups is 1. The number of anilines is 1. The zero-order chi connectivity index (χ0) is 20.8. The summed E-state index contributed by atoms with van der Waals surface area (Å²) in [5, 5.41) is 4.30. The molecule has 1 saturated heterocycles. The number of nitrogens with one attached hydrogen (secondary N) is 1. The Bertz CT molecular complexity index is 983. The van der Waals surface area contributed by atoms with Gasteiger partial charge < -0.3 is 19.7 Å². The maximum atomic E-state index is 6.15. The molecule has 2 aromatic carbocycles. The van der Waals surface area contributed by atoms with Crippen LogP contribution in [0.3, 0.4) is 0 Å². The van der Waals surface area contributed by atoms with Crippen molar-refractivity contribution in [1.29, 1.82) is 0 Å². The van der Waals surface area contributed by atoms with E-state index >= 15 is 0 Å². The van der Waals surface area contributed by atoms with Crippen molar-refractivity contribution in [1.82, 2.24) is 19.8 Å². The summed E-state index contributed by atoms with van der Waals surface area (Å²) in [6, 6.07) is 16.7. The summed E-state index contributed by atoms with van der Waals surface area (Å²) in [6.07, 6.45) is 5.63. The molecule has 0 aliphatic carbocycles. The molecular formula is C23H28ClIN6. The maximum Gasteiger partial charge on any atom is 0.194 e. The number of nitrogens with zero attached hydrogens (tertiary/aromatic N) is 5. The average Bonchev–Trinajstić information content (AvgIpc) is 3.28. The number of hydrogen-bond acceptors (Lipinski definition) is 3. The normalized spacial score (nSPS) is 14.3. The lowest BCUT2D eigenvalue weighted by molar-refractivity contribution is 0.372. The Morgan fingerprint density at radius 1 is 1.06 bits per heavy atom. The molecule has 0 unspecified atom stereocenters. The molecule has 31 heavy (non-hydrogen) atoms. The van der Waals surface area contributed by atoms with Crippen molar-refractivity contribution in [2.45, 2.75) is 13.1 Å². The topological polar surface area (TPSA) is 48.7 Å². The largest absolute Gasteiger partial charge is 0.368 e. The van der Waals surface area contributed by atoms with Crippen molar-refractivity contribution in [2.75, 3.05) is 38.1 Å². The standard InChI is InChI=1S/C23H27ClN6.HI/c1-25-23(30-12-10-29(11-13-30)22-7-3-6-21(24)15-22)27-16-19-4-2-5-20(14-19)17-28-9-8-26-18-28;/h2-9,14-15,18H,10-13,16-17H2,1H3,(H,25,27);1H. The molecule has 6 nitrogen and oxygen atoms in total. The summed E-state index contributed by atoms with van der Waals surface area (Å²) in [4.78, 5) is 13.3. The molecular weight excluding hydrogens is 523 g/mol. The molecule has 0 amide bonds. The Kier molecular flexibility index (Phi) is 8.60. The summed E-state index contributed by atoms with van der Waals surface area (Å²) >= 11 is 6.15. The molecule has 8 heteroatoms. The predicted molar refractivity (Wildman–Crippen MR) is 139 cm³/mol. The molecule has 0 bridgehead atoms. The van der Waals surface area contributed by atoms with Gasteiger partial charge in [0.25, 0.3) is 0 Å². The third-order valence-corrected chi connectivity index (χ3v) is 5.57. The molecule has 0 atom stereocenters. The highest BCUT2D eigenvalue weighted by molar-refractivity contribution is 14.0. The van der Waals surface area contributed by atoms with E-state index in [4.69, 9.17) is 11.6 Å². The van der Waals surface area contributed by atoms with Crippen LogP contribution in [-0.2, 0) is 13.1 Å². The van der Waals surface area contributed by atoms with Crippen LogP contribution in [0, 0.1) is 0 Å². The highest BCUT2D eigenvalue weighted by Gasteiger charge is 2.20. The number of aliphatic imine (C=N–C) groups is 1. The van der Waals surface area contributed by atoms with Crippen LogP contribution in [0.4, 0.5) is 5.69 Å². The average molecular weight is 551 g/mol. The Morgan fingerprint density at radius 3 is 2.55 bits per heavy atom. The summed E-state index contributed by atoms with van der Waals surface area (Å²) in [7, 11) is 1.85. The number of hydrogen-bond donors (Lipinski definition) is 1. The van der Waals surface area contributed by atoms with Crippen LogP contribution in [0.25, 0.3) is 0 Å². The maximum absolute atomic E-state index is 6.15. The number of rotatable bonds is 5. The van der Waals surface area contributed by atoms with Gasteiger partial charge >= 0.3 is 0 Å². The van der Waals surface area contributed by atoms with Crippen LogP contribution in [0.1, 0.15) is 11.1 Å². The second-order valence-corrected chi connectivity index (χ2v) is 7.85. The van der Waals surface area contributed by atoms with Crippen LogP contribution in [0.5, 0.6) is 0 Å². The van der Waals surface area contributed by atoms with E-state index in [1.807, 2.05) is 44.0 Å². The molecule has 0 saturated carbocycles. The molecule has 1 aliphatic rings. The first kappa shape index (κ1) is 23.4. The van der Waals surface area contributed by atoms with Gasteiger partial charge in [0.15, 0.2) is 5.96 Å². The third-order valence-electron chi connectivity index (χ3n) is 5.33. The van der Waals surface area contributed by atoms with E-state index in [-0.39, 0.29) is 24.0 Å². The van der Waals surface area contributed by atoms with Gasteiger partial charge in [-0.25, -0.2) is 4.98 Å². The van der Waals surface area contributed by atoms with Gasteiger partial charge in [-0.2, -0.15) is 0 Å². The lowest BCUT2D eigenvalue weighted by Gasteiger charge is -2.37. The summed E-state index contributed by atoms with van der Waals surface area (Å²) < 4.78 is 2.07. The first-order valence-electron chi connectivity index (χ1n) is 10.2. The highest BCUT2D eigenvalue weighted by Crippen LogP contribution is 2.20. The second-order valence-electron chi connectivity index (χ2n) is 7.41. The lowest BCUT2D eigenvalue weighted by Crippen LogP contribution is -2.52. The molecule has 0 spiro atoms. The number of imidazole rings is 1. The summed E-state index contributed by atoms with van der Waals surface area (Å²) in [5.74, 6) is 0.945. The van der Waals surface area contributed by atoms with E-state index in [0.717, 1.165) is 50.3 Å². The first-order chi connectivity index (χ1) is 14.7. The van der Waals surface area contributed by atoms with Crippen LogP contribution in [-0.4, -0.2) is 53.6 Å². The van der Waals surface area contributed by atoms with Crippen molar-refractivity contribution < 1.29 is 0 Å². The zero-order valence-electron chi connectivity index (χ0n) is 17.6. The Labute approximate surface area is 206 Å². The summed E-state index contributed by atoms with van der Waals surface area (Å²) in [6.45, 7) is 5.32. The lowest BCUT2D eigenvalue weighted by atomic mass is 10.1. The van der Waals surface area contributed by atoms with Crippen LogP contribution >= 0.6 is 35.6 Å². The number of benzene rings is 2. The molecule has 164 valence electrons. The minimum Gasteiger partial charge on any atom is -0.368 e. The van der Waals surface area contributed by atoms with Crippen molar-refractivity contribution in [3.05, 3.63) is 83.4 Å². The molecule has 1 fully saturated rings. The minimum atomic E-state index is 0. The second kappa shape index (κ2) is 11.4.